The third-order valence-electron chi connectivity index (χ3n) is 4.81. The van der Waals surface area contributed by atoms with Crippen molar-refractivity contribution in [3.63, 3.8) is 0 Å². The van der Waals surface area contributed by atoms with Gasteiger partial charge < -0.3 is 10.2 Å². The number of benzene rings is 2. The van der Waals surface area contributed by atoms with Crippen LogP contribution in [0.25, 0.3) is 0 Å². The molecule has 2 aliphatic rings. The van der Waals surface area contributed by atoms with Gasteiger partial charge in [-0.2, -0.15) is 0 Å². The zero-order valence-corrected chi connectivity index (χ0v) is 17.7. The van der Waals surface area contributed by atoms with Crippen molar-refractivity contribution in [2.45, 2.75) is 23.8 Å². The molecule has 28 heavy (non-hydrogen) atoms. The molecular weight excluding hydrogens is 412 g/mol. The summed E-state index contributed by atoms with van der Waals surface area (Å²) in [5.74, 6) is 2.15. The molecule has 7 heteroatoms. The Morgan fingerprint density at radius 1 is 1.11 bits per heavy atom. The van der Waals surface area contributed by atoms with E-state index in [0.717, 1.165) is 12.1 Å². The van der Waals surface area contributed by atoms with Crippen molar-refractivity contribution in [1.82, 2.24) is 0 Å². The second-order valence-electron chi connectivity index (χ2n) is 6.82. The largest absolute Gasteiger partial charge is 0.322 e. The molecule has 0 spiro atoms. The number of carbonyl (C=O) groups is 2. The Morgan fingerprint density at radius 3 is 2.68 bits per heavy atom. The minimum atomic E-state index is -0.229. The smallest absolute Gasteiger partial charge is 0.257 e. The van der Waals surface area contributed by atoms with Crippen molar-refractivity contribution in [2.24, 2.45) is 0 Å². The average molecular weight is 433 g/mol. The van der Waals surface area contributed by atoms with Crippen LogP contribution in [0.4, 0.5) is 11.4 Å². The molecule has 4 nitrogen and oxygen atoms in total. The highest BCUT2D eigenvalue weighted by Crippen LogP contribution is 2.44. The highest BCUT2D eigenvalue weighted by atomic mass is 35.5. The van der Waals surface area contributed by atoms with E-state index in [-0.39, 0.29) is 11.8 Å². The summed E-state index contributed by atoms with van der Waals surface area (Å²) in [5, 5.41) is 3.51. The van der Waals surface area contributed by atoms with E-state index >= 15 is 0 Å². The summed E-state index contributed by atoms with van der Waals surface area (Å²) in [4.78, 5) is 26.8. The van der Waals surface area contributed by atoms with Gasteiger partial charge in [0.25, 0.3) is 5.91 Å². The van der Waals surface area contributed by atoms with Gasteiger partial charge in [0, 0.05) is 23.7 Å². The van der Waals surface area contributed by atoms with Gasteiger partial charge in [-0.1, -0.05) is 23.7 Å². The van der Waals surface area contributed by atoms with Crippen LogP contribution in [0.3, 0.4) is 0 Å². The lowest BCUT2D eigenvalue weighted by molar-refractivity contribution is -0.117. The number of rotatable bonds is 4. The monoisotopic (exact) mass is 432 g/mol. The fourth-order valence-electron chi connectivity index (χ4n) is 3.46. The van der Waals surface area contributed by atoms with Crippen molar-refractivity contribution in [3.8, 4) is 0 Å². The van der Waals surface area contributed by atoms with Gasteiger partial charge >= 0.3 is 0 Å². The standard InChI is InChI=1S/C21H21ClN2O2S2/c22-15-7-8-17(18(13-15)24-9-2-6-19(24)25)20(26)23-16-5-1-4-14(12-16)21-27-10-3-11-28-21/h1,4-5,7-8,12-13,21H,2-3,6,9-11H2,(H,23,26). The minimum absolute atomic E-state index is 0.0321. The number of carbonyl (C=O) groups excluding carboxylic acids is 2. The molecule has 0 radical (unpaired) electrons. The van der Waals surface area contributed by atoms with Crippen LogP contribution in [0.15, 0.2) is 42.5 Å². The third-order valence-corrected chi connectivity index (χ3v) is 8.06. The predicted octanol–water partition coefficient (Wildman–Crippen LogP) is 5.59. The molecule has 2 fully saturated rings. The van der Waals surface area contributed by atoms with Gasteiger partial charge in [0.05, 0.1) is 15.8 Å². The number of halogens is 1. The highest BCUT2D eigenvalue weighted by Gasteiger charge is 2.26. The lowest BCUT2D eigenvalue weighted by Gasteiger charge is -2.22. The Bertz CT molecular complexity index is 900. The SMILES string of the molecule is O=C(Nc1cccc(C2SCCCS2)c1)c1ccc(Cl)cc1N1CCCC1=O. The first-order valence-corrected chi connectivity index (χ1v) is 11.8. The number of amides is 2. The average Bonchev–Trinajstić information content (AvgIpc) is 3.14. The molecule has 2 amide bonds. The van der Waals surface area contributed by atoms with Gasteiger partial charge in [-0.3, -0.25) is 9.59 Å². The second kappa shape index (κ2) is 8.80. The van der Waals surface area contributed by atoms with Gasteiger partial charge in [-0.15, -0.1) is 23.5 Å². The molecule has 0 atom stereocenters. The Morgan fingerprint density at radius 2 is 1.93 bits per heavy atom. The fourth-order valence-corrected chi connectivity index (χ4v) is 6.50. The van der Waals surface area contributed by atoms with Gasteiger partial charge in [-0.05, 0) is 60.2 Å². The van der Waals surface area contributed by atoms with Crippen LogP contribution in [-0.4, -0.2) is 29.9 Å². The van der Waals surface area contributed by atoms with E-state index in [2.05, 4.69) is 11.4 Å². The fraction of sp³-hybridized carbons (Fsp3) is 0.333. The zero-order chi connectivity index (χ0) is 19.5. The first-order chi connectivity index (χ1) is 13.6. The number of anilines is 2. The van der Waals surface area contributed by atoms with E-state index in [4.69, 9.17) is 11.6 Å². The van der Waals surface area contributed by atoms with Crippen molar-refractivity contribution in [3.05, 3.63) is 58.6 Å². The molecule has 2 saturated heterocycles. The highest BCUT2D eigenvalue weighted by molar-refractivity contribution is 8.16. The van der Waals surface area contributed by atoms with Crippen molar-refractivity contribution >= 4 is 58.3 Å². The molecule has 0 unspecified atom stereocenters. The van der Waals surface area contributed by atoms with Crippen molar-refractivity contribution in [2.75, 3.05) is 28.3 Å². The Balaban J connectivity index is 1.56. The van der Waals surface area contributed by atoms with Crippen LogP contribution >= 0.6 is 35.1 Å². The molecule has 4 rings (SSSR count). The van der Waals surface area contributed by atoms with E-state index in [9.17, 15) is 9.59 Å². The molecule has 2 aromatic carbocycles. The predicted molar refractivity (Wildman–Crippen MR) is 120 cm³/mol. The number of nitrogens with zero attached hydrogens (tertiary/aromatic N) is 1. The maximum atomic E-state index is 13.0. The first kappa shape index (κ1) is 19.7. The Kier molecular flexibility index (Phi) is 6.19. The van der Waals surface area contributed by atoms with E-state index in [1.54, 1.807) is 23.1 Å². The van der Waals surface area contributed by atoms with Gasteiger partial charge in [0.1, 0.15) is 0 Å². The van der Waals surface area contributed by atoms with Gasteiger partial charge in [0.15, 0.2) is 0 Å². The molecule has 1 N–H and O–H groups in total. The second-order valence-corrected chi connectivity index (χ2v) is 9.98. The molecule has 0 saturated carbocycles. The Hall–Kier alpha value is -1.63. The zero-order valence-electron chi connectivity index (χ0n) is 15.3. The molecular formula is C21H21ClN2O2S2. The van der Waals surface area contributed by atoms with Crippen molar-refractivity contribution in [1.29, 1.82) is 0 Å². The van der Waals surface area contributed by atoms with E-state index < -0.39 is 0 Å². The maximum absolute atomic E-state index is 13.0. The Labute approximate surface area is 178 Å². The lowest BCUT2D eigenvalue weighted by Crippen LogP contribution is -2.27. The molecule has 0 aliphatic carbocycles. The summed E-state index contributed by atoms with van der Waals surface area (Å²) in [6.45, 7) is 0.616. The van der Waals surface area contributed by atoms with Crippen LogP contribution in [0.2, 0.25) is 5.02 Å². The molecule has 2 aliphatic heterocycles. The summed E-state index contributed by atoms with van der Waals surface area (Å²) in [6.07, 6.45) is 2.55. The van der Waals surface area contributed by atoms with Crippen LogP contribution < -0.4 is 10.2 Å². The van der Waals surface area contributed by atoms with Crippen LogP contribution in [0.5, 0.6) is 0 Å². The number of nitrogens with one attached hydrogen (secondary N) is 1. The molecule has 2 heterocycles. The summed E-state index contributed by atoms with van der Waals surface area (Å²) >= 11 is 10.0. The van der Waals surface area contributed by atoms with Crippen LogP contribution in [0.1, 0.15) is 39.8 Å². The van der Waals surface area contributed by atoms with Crippen LogP contribution in [0, 0.1) is 0 Å². The maximum Gasteiger partial charge on any atom is 0.257 e. The summed E-state index contributed by atoms with van der Waals surface area (Å²) in [7, 11) is 0. The summed E-state index contributed by atoms with van der Waals surface area (Å²) < 4.78 is 0.416. The van der Waals surface area contributed by atoms with E-state index in [1.807, 2.05) is 41.7 Å². The topological polar surface area (TPSA) is 49.4 Å². The summed E-state index contributed by atoms with van der Waals surface area (Å²) in [5.41, 5.74) is 3.04. The minimum Gasteiger partial charge on any atom is -0.322 e. The lowest BCUT2D eigenvalue weighted by atomic mass is 10.1. The van der Waals surface area contributed by atoms with Crippen molar-refractivity contribution < 1.29 is 9.59 Å². The molecule has 2 aromatic rings. The normalized spacial score (nSPS) is 17.8. The van der Waals surface area contributed by atoms with E-state index in [1.165, 1.54) is 23.5 Å². The molecule has 0 bridgehead atoms. The number of hydrogen-bond donors (Lipinski definition) is 1. The first-order valence-electron chi connectivity index (χ1n) is 9.36. The summed E-state index contributed by atoms with van der Waals surface area (Å²) in [6, 6.07) is 13.1. The van der Waals surface area contributed by atoms with Gasteiger partial charge in [0.2, 0.25) is 5.91 Å². The number of hydrogen-bond acceptors (Lipinski definition) is 4. The van der Waals surface area contributed by atoms with E-state index in [0.29, 0.717) is 33.8 Å². The van der Waals surface area contributed by atoms with Crippen LogP contribution in [-0.2, 0) is 4.79 Å². The number of thioether (sulfide) groups is 2. The molecule has 0 aromatic heterocycles. The third kappa shape index (κ3) is 4.34. The van der Waals surface area contributed by atoms with Gasteiger partial charge in [-0.25, -0.2) is 0 Å². The molecule has 146 valence electrons. The quantitative estimate of drug-likeness (QED) is 0.684.